The van der Waals surface area contributed by atoms with Gasteiger partial charge in [-0.1, -0.05) is 24.3 Å². The maximum absolute atomic E-state index is 11.6. The molecule has 1 aliphatic heterocycles. The topological polar surface area (TPSA) is 45.5 Å². The number of nitrogens with zero attached hydrogens (tertiary/aromatic N) is 2. The van der Waals surface area contributed by atoms with Gasteiger partial charge in [-0.15, -0.1) is 0 Å². The molecule has 0 bridgehead atoms. The first-order valence-corrected chi connectivity index (χ1v) is 6.81. The van der Waals surface area contributed by atoms with Gasteiger partial charge < -0.3 is 9.67 Å². The summed E-state index contributed by atoms with van der Waals surface area (Å²) in [7, 11) is 1.85. The number of aryl methyl sites for hydroxylation is 1. The molecular weight excluding hydrogens is 252 g/mol. The van der Waals surface area contributed by atoms with Crippen LogP contribution in [0.4, 0.5) is 0 Å². The second kappa shape index (κ2) is 5.13. The Morgan fingerprint density at radius 3 is 2.80 bits per heavy atom. The van der Waals surface area contributed by atoms with Crippen LogP contribution in [0.25, 0.3) is 0 Å². The highest BCUT2D eigenvalue weighted by molar-refractivity contribution is 5.29. The van der Waals surface area contributed by atoms with E-state index < -0.39 is 0 Å². The monoisotopic (exact) mass is 270 g/mol. The molecule has 2 heterocycles. The molecule has 1 aliphatic rings. The molecule has 0 fully saturated rings. The van der Waals surface area contributed by atoms with Gasteiger partial charge in [0.25, 0.3) is 0 Å². The Hall–Kier alpha value is -2.07. The number of pyridine rings is 1. The SMILES string of the molecule is Cn1cc(O)c(=O)cc1CN1CCc2ccccc2C1. The van der Waals surface area contributed by atoms with Gasteiger partial charge in [0, 0.05) is 44.6 Å². The molecule has 1 aromatic heterocycles. The number of aromatic nitrogens is 1. The fraction of sp³-hybridized carbons (Fsp3) is 0.312. The Morgan fingerprint density at radius 1 is 1.25 bits per heavy atom. The normalized spacial score (nSPS) is 15.1. The summed E-state index contributed by atoms with van der Waals surface area (Å²) in [6.45, 7) is 2.62. The molecule has 0 saturated carbocycles. The van der Waals surface area contributed by atoms with Crippen LogP contribution >= 0.6 is 0 Å². The maximum Gasteiger partial charge on any atom is 0.223 e. The number of rotatable bonds is 2. The highest BCUT2D eigenvalue weighted by Gasteiger charge is 2.16. The van der Waals surface area contributed by atoms with Gasteiger partial charge in [0.2, 0.25) is 5.43 Å². The summed E-state index contributed by atoms with van der Waals surface area (Å²) in [5.74, 6) is -0.194. The van der Waals surface area contributed by atoms with E-state index in [0.29, 0.717) is 0 Å². The zero-order valence-electron chi connectivity index (χ0n) is 11.5. The van der Waals surface area contributed by atoms with Crippen molar-refractivity contribution in [3.63, 3.8) is 0 Å². The van der Waals surface area contributed by atoms with Gasteiger partial charge in [-0.3, -0.25) is 9.69 Å². The predicted molar refractivity (Wildman–Crippen MR) is 77.6 cm³/mol. The van der Waals surface area contributed by atoms with Crippen LogP contribution in [-0.2, 0) is 26.6 Å². The predicted octanol–water partition coefficient (Wildman–Crippen LogP) is 1.65. The Morgan fingerprint density at radius 2 is 2.00 bits per heavy atom. The van der Waals surface area contributed by atoms with E-state index in [9.17, 15) is 9.90 Å². The second-order valence-corrected chi connectivity index (χ2v) is 5.35. The van der Waals surface area contributed by atoms with E-state index >= 15 is 0 Å². The van der Waals surface area contributed by atoms with Crippen molar-refractivity contribution in [3.05, 3.63) is 63.6 Å². The van der Waals surface area contributed by atoms with E-state index in [1.165, 1.54) is 23.4 Å². The van der Waals surface area contributed by atoms with Crippen LogP contribution in [0.5, 0.6) is 5.75 Å². The summed E-state index contributed by atoms with van der Waals surface area (Å²) < 4.78 is 1.82. The molecule has 0 unspecified atom stereocenters. The van der Waals surface area contributed by atoms with Crippen LogP contribution in [0.1, 0.15) is 16.8 Å². The fourth-order valence-electron chi connectivity index (χ4n) is 2.73. The molecule has 0 atom stereocenters. The Labute approximate surface area is 117 Å². The average Bonchev–Trinajstić information content (AvgIpc) is 2.44. The number of benzene rings is 1. The molecule has 0 radical (unpaired) electrons. The first-order valence-electron chi connectivity index (χ1n) is 6.81. The van der Waals surface area contributed by atoms with Gasteiger partial charge in [-0.25, -0.2) is 0 Å². The third-order valence-electron chi connectivity index (χ3n) is 3.91. The highest BCUT2D eigenvalue weighted by Crippen LogP contribution is 2.20. The van der Waals surface area contributed by atoms with Crippen LogP contribution < -0.4 is 5.43 Å². The van der Waals surface area contributed by atoms with Crippen molar-refractivity contribution in [1.29, 1.82) is 0 Å². The molecule has 1 N–H and O–H groups in total. The summed E-state index contributed by atoms with van der Waals surface area (Å²) in [4.78, 5) is 13.9. The third kappa shape index (κ3) is 2.47. The minimum Gasteiger partial charge on any atom is -0.503 e. The zero-order chi connectivity index (χ0) is 14.1. The Bertz CT molecular complexity index is 691. The highest BCUT2D eigenvalue weighted by atomic mass is 16.3. The largest absolute Gasteiger partial charge is 0.503 e. The van der Waals surface area contributed by atoms with Crippen LogP contribution in [-0.4, -0.2) is 21.1 Å². The van der Waals surface area contributed by atoms with Crippen LogP contribution in [0.15, 0.2) is 41.3 Å². The molecule has 20 heavy (non-hydrogen) atoms. The van der Waals surface area contributed by atoms with E-state index in [1.807, 2.05) is 11.6 Å². The first-order chi connectivity index (χ1) is 9.63. The molecule has 1 aromatic carbocycles. The minimum absolute atomic E-state index is 0.194. The number of aromatic hydroxyl groups is 1. The Kier molecular flexibility index (Phi) is 3.32. The molecule has 4 nitrogen and oxygen atoms in total. The summed E-state index contributed by atoms with van der Waals surface area (Å²) in [6.07, 6.45) is 2.53. The third-order valence-corrected chi connectivity index (χ3v) is 3.91. The molecular formula is C16H18N2O2. The lowest BCUT2D eigenvalue weighted by Gasteiger charge is -2.29. The average molecular weight is 270 g/mol. The van der Waals surface area contributed by atoms with Crippen molar-refractivity contribution in [1.82, 2.24) is 9.47 Å². The van der Waals surface area contributed by atoms with Gasteiger partial charge in [-0.2, -0.15) is 0 Å². The molecule has 4 heteroatoms. The number of hydrogen-bond donors (Lipinski definition) is 1. The smallest absolute Gasteiger partial charge is 0.223 e. The van der Waals surface area contributed by atoms with Gasteiger partial charge in [0.1, 0.15) is 0 Å². The number of fused-ring (bicyclic) bond motifs is 1. The molecule has 0 amide bonds. The molecule has 0 spiro atoms. The maximum atomic E-state index is 11.6. The van der Waals surface area contributed by atoms with Gasteiger partial charge in [0.15, 0.2) is 5.75 Å². The zero-order valence-corrected chi connectivity index (χ0v) is 11.5. The molecule has 104 valence electrons. The van der Waals surface area contributed by atoms with Gasteiger partial charge >= 0.3 is 0 Å². The first kappa shape index (κ1) is 12.9. The lowest BCUT2D eigenvalue weighted by atomic mass is 10.00. The number of hydrogen-bond acceptors (Lipinski definition) is 3. The summed E-state index contributed by atoms with van der Waals surface area (Å²) in [5, 5.41) is 9.41. The minimum atomic E-state index is -0.310. The molecule has 0 saturated heterocycles. The van der Waals surface area contributed by atoms with E-state index in [2.05, 4.69) is 29.2 Å². The van der Waals surface area contributed by atoms with E-state index in [0.717, 1.165) is 31.7 Å². The van der Waals surface area contributed by atoms with Crippen LogP contribution in [0.3, 0.4) is 0 Å². The quantitative estimate of drug-likeness (QED) is 0.902. The molecule has 2 aromatic rings. The standard InChI is InChI=1S/C16H18N2O2/c1-17-11-16(20)15(19)8-14(17)10-18-7-6-12-4-2-3-5-13(12)9-18/h2-5,8,11,20H,6-7,9-10H2,1H3. The fourth-order valence-corrected chi connectivity index (χ4v) is 2.73. The van der Waals surface area contributed by atoms with E-state index in [4.69, 9.17) is 0 Å². The lowest BCUT2D eigenvalue weighted by Crippen LogP contribution is -2.31. The van der Waals surface area contributed by atoms with Gasteiger partial charge in [-0.05, 0) is 17.5 Å². The van der Waals surface area contributed by atoms with Crippen molar-refractivity contribution in [2.45, 2.75) is 19.5 Å². The van der Waals surface area contributed by atoms with Gasteiger partial charge in [0.05, 0.1) is 0 Å². The summed E-state index contributed by atoms with van der Waals surface area (Å²) >= 11 is 0. The van der Waals surface area contributed by atoms with Crippen LogP contribution in [0, 0.1) is 0 Å². The van der Waals surface area contributed by atoms with Crippen molar-refractivity contribution >= 4 is 0 Å². The summed E-state index contributed by atoms with van der Waals surface area (Å²) in [6, 6.07) is 10.0. The second-order valence-electron chi connectivity index (χ2n) is 5.35. The van der Waals surface area contributed by atoms with Crippen molar-refractivity contribution in [2.75, 3.05) is 6.54 Å². The molecule has 3 rings (SSSR count). The van der Waals surface area contributed by atoms with E-state index in [1.54, 1.807) is 0 Å². The van der Waals surface area contributed by atoms with Crippen molar-refractivity contribution < 1.29 is 5.11 Å². The Balaban J connectivity index is 1.80. The van der Waals surface area contributed by atoms with Crippen molar-refractivity contribution in [2.24, 2.45) is 7.05 Å². The molecule has 0 aliphatic carbocycles. The van der Waals surface area contributed by atoms with Crippen molar-refractivity contribution in [3.8, 4) is 5.75 Å². The summed E-state index contributed by atoms with van der Waals surface area (Å²) in [5.41, 5.74) is 3.40. The van der Waals surface area contributed by atoms with E-state index in [-0.39, 0.29) is 11.2 Å². The van der Waals surface area contributed by atoms with Crippen LogP contribution in [0.2, 0.25) is 0 Å². The lowest BCUT2D eigenvalue weighted by molar-refractivity contribution is 0.239.